The molecule has 0 radical (unpaired) electrons. The summed E-state index contributed by atoms with van der Waals surface area (Å²) in [6, 6.07) is 0. The summed E-state index contributed by atoms with van der Waals surface area (Å²) < 4.78 is 5.26. The third-order valence-corrected chi connectivity index (χ3v) is 2.61. The second-order valence-electron chi connectivity index (χ2n) is 3.30. The molecule has 15 heavy (non-hydrogen) atoms. The van der Waals surface area contributed by atoms with Gasteiger partial charge < -0.3 is 4.74 Å². The predicted molar refractivity (Wildman–Crippen MR) is 61.4 cm³/mol. The smallest absolute Gasteiger partial charge is 0.135 e. The van der Waals surface area contributed by atoms with Gasteiger partial charge in [-0.3, -0.25) is 0 Å². The fourth-order valence-corrected chi connectivity index (χ4v) is 1.55. The van der Waals surface area contributed by atoms with Crippen molar-refractivity contribution in [1.29, 1.82) is 0 Å². The molecular weight excluding hydrogens is 212 g/mol. The molecule has 1 heterocycles. The number of hydrogen-bond acceptors (Lipinski definition) is 3. The Morgan fingerprint density at radius 3 is 2.60 bits per heavy atom. The zero-order chi connectivity index (χ0) is 11.3. The molecule has 0 aliphatic carbocycles. The van der Waals surface area contributed by atoms with Crippen molar-refractivity contribution in [2.24, 2.45) is 0 Å². The topological polar surface area (TPSA) is 35.0 Å². The molecule has 1 rings (SSSR count). The predicted octanol–water partition coefficient (Wildman–Crippen LogP) is 2.58. The van der Waals surface area contributed by atoms with Crippen LogP contribution in [0.5, 0.6) is 0 Å². The quantitative estimate of drug-likeness (QED) is 0.574. The Morgan fingerprint density at radius 2 is 2.00 bits per heavy atom. The summed E-state index contributed by atoms with van der Waals surface area (Å²) >= 11 is 6.02. The van der Waals surface area contributed by atoms with Gasteiger partial charge >= 0.3 is 0 Å². The van der Waals surface area contributed by atoms with E-state index >= 15 is 0 Å². The van der Waals surface area contributed by atoms with E-state index in [1.54, 1.807) is 0 Å². The van der Waals surface area contributed by atoms with Gasteiger partial charge in [-0.25, -0.2) is 9.97 Å². The highest BCUT2D eigenvalue weighted by molar-refractivity contribution is 6.30. The van der Waals surface area contributed by atoms with Crippen LogP contribution in [0, 0.1) is 6.92 Å². The standard InChI is InChI=1S/C11H17ClN2O/c1-4-9-8(3)11(12)14-10(13-9)6-7-15-5-2/h4-7H2,1-3H3. The van der Waals surface area contributed by atoms with Crippen molar-refractivity contribution in [3.63, 3.8) is 0 Å². The van der Waals surface area contributed by atoms with Crippen molar-refractivity contribution in [3.05, 3.63) is 22.2 Å². The number of aromatic nitrogens is 2. The van der Waals surface area contributed by atoms with Gasteiger partial charge in [0.05, 0.1) is 6.61 Å². The van der Waals surface area contributed by atoms with E-state index in [0.29, 0.717) is 11.8 Å². The first-order valence-corrected chi connectivity index (χ1v) is 5.66. The van der Waals surface area contributed by atoms with Crippen LogP contribution in [0.25, 0.3) is 0 Å². The molecule has 0 N–H and O–H groups in total. The SMILES string of the molecule is CCOCCc1nc(Cl)c(C)c(CC)n1. The van der Waals surface area contributed by atoms with Gasteiger partial charge in [0.25, 0.3) is 0 Å². The molecule has 0 spiro atoms. The maximum absolute atomic E-state index is 6.02. The highest BCUT2D eigenvalue weighted by Gasteiger charge is 2.07. The average Bonchev–Trinajstić information content (AvgIpc) is 2.23. The minimum atomic E-state index is 0.563. The third-order valence-electron chi connectivity index (χ3n) is 2.24. The second-order valence-corrected chi connectivity index (χ2v) is 3.66. The number of hydrogen-bond donors (Lipinski definition) is 0. The van der Waals surface area contributed by atoms with Gasteiger partial charge in [0, 0.05) is 24.3 Å². The summed E-state index contributed by atoms with van der Waals surface area (Å²) in [5.74, 6) is 0.774. The number of aryl methyl sites for hydroxylation is 1. The molecule has 0 saturated carbocycles. The largest absolute Gasteiger partial charge is 0.381 e. The van der Waals surface area contributed by atoms with Gasteiger partial charge in [-0.2, -0.15) is 0 Å². The zero-order valence-corrected chi connectivity index (χ0v) is 10.3. The highest BCUT2D eigenvalue weighted by Crippen LogP contribution is 2.16. The Bertz CT molecular complexity index is 329. The Hall–Kier alpha value is -0.670. The fraction of sp³-hybridized carbons (Fsp3) is 0.636. The van der Waals surface area contributed by atoms with Crippen molar-refractivity contribution in [2.45, 2.75) is 33.6 Å². The number of nitrogens with zero attached hydrogens (tertiary/aromatic N) is 2. The monoisotopic (exact) mass is 228 g/mol. The van der Waals surface area contributed by atoms with E-state index in [-0.39, 0.29) is 0 Å². The van der Waals surface area contributed by atoms with Gasteiger partial charge in [0.15, 0.2) is 0 Å². The van der Waals surface area contributed by atoms with E-state index < -0.39 is 0 Å². The number of ether oxygens (including phenoxy) is 1. The molecule has 0 aliphatic rings. The van der Waals surface area contributed by atoms with Crippen LogP contribution in [-0.4, -0.2) is 23.2 Å². The average molecular weight is 229 g/mol. The van der Waals surface area contributed by atoms with E-state index in [4.69, 9.17) is 16.3 Å². The van der Waals surface area contributed by atoms with Crippen LogP contribution >= 0.6 is 11.6 Å². The van der Waals surface area contributed by atoms with Gasteiger partial charge in [0.2, 0.25) is 0 Å². The minimum Gasteiger partial charge on any atom is -0.381 e. The summed E-state index contributed by atoms with van der Waals surface area (Å²) in [4.78, 5) is 8.68. The Kier molecular flexibility index (Phi) is 4.99. The molecule has 84 valence electrons. The van der Waals surface area contributed by atoms with E-state index in [1.807, 2.05) is 13.8 Å². The van der Waals surface area contributed by atoms with Gasteiger partial charge in [0.1, 0.15) is 11.0 Å². The van der Waals surface area contributed by atoms with Gasteiger partial charge in [-0.15, -0.1) is 0 Å². The number of rotatable bonds is 5. The molecule has 1 aromatic heterocycles. The number of halogens is 1. The Morgan fingerprint density at radius 1 is 1.27 bits per heavy atom. The van der Waals surface area contributed by atoms with E-state index in [2.05, 4.69) is 16.9 Å². The van der Waals surface area contributed by atoms with Gasteiger partial charge in [-0.05, 0) is 20.3 Å². The van der Waals surface area contributed by atoms with E-state index in [0.717, 1.165) is 36.5 Å². The molecule has 0 aliphatic heterocycles. The fourth-order valence-electron chi connectivity index (χ4n) is 1.34. The van der Waals surface area contributed by atoms with Crippen molar-refractivity contribution in [3.8, 4) is 0 Å². The lowest BCUT2D eigenvalue weighted by Crippen LogP contribution is -2.06. The second kappa shape index (κ2) is 6.03. The van der Waals surface area contributed by atoms with Crippen LogP contribution in [-0.2, 0) is 17.6 Å². The molecule has 0 unspecified atom stereocenters. The lowest BCUT2D eigenvalue weighted by Gasteiger charge is -2.07. The van der Waals surface area contributed by atoms with Crippen molar-refractivity contribution >= 4 is 11.6 Å². The van der Waals surface area contributed by atoms with Crippen LogP contribution in [0.3, 0.4) is 0 Å². The summed E-state index contributed by atoms with van der Waals surface area (Å²) in [6.45, 7) is 7.37. The van der Waals surface area contributed by atoms with Gasteiger partial charge in [-0.1, -0.05) is 18.5 Å². The van der Waals surface area contributed by atoms with E-state index in [9.17, 15) is 0 Å². The third kappa shape index (κ3) is 3.43. The Balaban J connectivity index is 2.77. The molecule has 0 fully saturated rings. The van der Waals surface area contributed by atoms with Crippen LogP contribution in [0.2, 0.25) is 5.15 Å². The molecule has 0 aromatic carbocycles. The highest BCUT2D eigenvalue weighted by atomic mass is 35.5. The van der Waals surface area contributed by atoms with Crippen LogP contribution in [0.4, 0.5) is 0 Å². The van der Waals surface area contributed by atoms with Crippen LogP contribution in [0.15, 0.2) is 0 Å². The summed E-state index contributed by atoms with van der Waals surface area (Å²) in [7, 11) is 0. The maximum atomic E-state index is 6.02. The van der Waals surface area contributed by atoms with Crippen molar-refractivity contribution < 1.29 is 4.74 Å². The summed E-state index contributed by atoms with van der Waals surface area (Å²) in [5.41, 5.74) is 2.01. The molecule has 0 bridgehead atoms. The molecule has 3 nitrogen and oxygen atoms in total. The zero-order valence-electron chi connectivity index (χ0n) is 9.51. The molecule has 0 saturated heterocycles. The first kappa shape index (κ1) is 12.4. The summed E-state index contributed by atoms with van der Waals surface area (Å²) in [6.07, 6.45) is 1.61. The van der Waals surface area contributed by atoms with Crippen LogP contribution in [0.1, 0.15) is 30.9 Å². The van der Waals surface area contributed by atoms with E-state index in [1.165, 1.54) is 0 Å². The molecular formula is C11H17ClN2O. The molecule has 4 heteroatoms. The van der Waals surface area contributed by atoms with Crippen molar-refractivity contribution in [2.75, 3.05) is 13.2 Å². The normalized spacial score (nSPS) is 10.7. The Labute approximate surface area is 95.8 Å². The lowest BCUT2D eigenvalue weighted by atomic mass is 10.2. The molecule has 0 amide bonds. The summed E-state index contributed by atoms with van der Waals surface area (Å²) in [5, 5.41) is 0.563. The molecule has 0 atom stereocenters. The van der Waals surface area contributed by atoms with Crippen molar-refractivity contribution in [1.82, 2.24) is 9.97 Å². The first-order chi connectivity index (χ1) is 7.19. The molecule has 1 aromatic rings. The minimum absolute atomic E-state index is 0.563. The first-order valence-electron chi connectivity index (χ1n) is 5.28. The maximum Gasteiger partial charge on any atom is 0.135 e. The van der Waals surface area contributed by atoms with Crippen LogP contribution < -0.4 is 0 Å². The lowest BCUT2D eigenvalue weighted by molar-refractivity contribution is 0.149.